The minimum Gasteiger partial charge on any atom is -0.468 e. The molecule has 380 valence electrons. The van der Waals surface area contributed by atoms with Crippen LogP contribution in [-0.2, 0) is 37.9 Å². The molecule has 3 unspecified atom stereocenters. The van der Waals surface area contributed by atoms with Gasteiger partial charge >= 0.3 is 0 Å². The first-order valence-corrected chi connectivity index (χ1v) is 28.6. The minimum absolute atomic E-state index is 0.0105. The third kappa shape index (κ3) is 6.90. The van der Waals surface area contributed by atoms with E-state index in [0.717, 1.165) is 36.4 Å². The number of hydrogen-bond donors (Lipinski definition) is 0. The van der Waals surface area contributed by atoms with Gasteiger partial charge in [-0.1, -0.05) is 159 Å². The number of furan rings is 1. The summed E-state index contributed by atoms with van der Waals surface area (Å²) < 4.78 is 7.85. The van der Waals surface area contributed by atoms with Gasteiger partial charge in [-0.05, 0) is 210 Å². The number of nitrogens with zero attached hydrogens (tertiary/aromatic N) is 2. The topological polar surface area (TPSA) is 19.6 Å². The van der Waals surface area contributed by atoms with Crippen molar-refractivity contribution in [1.29, 1.82) is 0 Å². The van der Waals surface area contributed by atoms with Crippen LogP contribution in [0.4, 0.5) is 34.1 Å². The Morgan fingerprint density at radius 1 is 0.541 bits per heavy atom. The molecule has 2 bridgehead atoms. The summed E-state index contributed by atoms with van der Waals surface area (Å²) in [5.74, 6) is 1.23. The Morgan fingerprint density at radius 3 is 1.80 bits per heavy atom. The van der Waals surface area contributed by atoms with Crippen molar-refractivity contribution in [3.8, 4) is 11.1 Å². The zero-order valence-corrected chi connectivity index (χ0v) is 47.8. The third-order valence-electron chi connectivity index (χ3n) is 20.6. The summed E-state index contributed by atoms with van der Waals surface area (Å²) in [4.78, 5) is 5.42. The molecule has 0 amide bonds. The second kappa shape index (κ2) is 15.4. The van der Waals surface area contributed by atoms with Gasteiger partial charge in [-0.15, -0.1) is 0 Å². The normalized spacial score (nSPS) is 23.4. The Bertz CT molecular complexity index is 3510. The molecule has 0 radical (unpaired) electrons. The SMILES string of the molecule is CC1c2cc3c4c(oc3cc2C2(C)CCC1C2)B1c2cc3c(cc2N(c2ccc(C(C)(C)C)cc2-c2ccccc2)c2cc(C(C)(C)C)cc(c21)N4c1ccc2c(c1)C(C)(C)CCC2(C)C)C(C)(C)CCC3(C)C. The average Bonchev–Trinajstić information content (AvgIpc) is 3.95. The van der Waals surface area contributed by atoms with Gasteiger partial charge in [0.1, 0.15) is 5.58 Å². The minimum atomic E-state index is -0.150. The van der Waals surface area contributed by atoms with E-state index < -0.39 is 0 Å². The van der Waals surface area contributed by atoms with Crippen molar-refractivity contribution >= 4 is 68.4 Å². The van der Waals surface area contributed by atoms with E-state index in [-0.39, 0.29) is 44.6 Å². The highest BCUT2D eigenvalue weighted by molar-refractivity contribution is 7.00. The van der Waals surface area contributed by atoms with Crippen molar-refractivity contribution in [2.45, 2.75) is 200 Å². The molecule has 6 aromatic carbocycles. The van der Waals surface area contributed by atoms with Gasteiger partial charge in [0.05, 0.1) is 17.0 Å². The maximum Gasteiger partial charge on any atom is 0.297 e. The number of benzene rings is 6. The summed E-state index contributed by atoms with van der Waals surface area (Å²) in [6.45, 7) is 39.1. The van der Waals surface area contributed by atoms with Crippen LogP contribution >= 0.6 is 0 Å². The van der Waals surface area contributed by atoms with Crippen LogP contribution in [0.3, 0.4) is 0 Å². The highest BCUT2D eigenvalue weighted by Crippen LogP contribution is 2.59. The molecule has 0 saturated heterocycles. The lowest BCUT2D eigenvalue weighted by Crippen LogP contribution is -2.61. The van der Waals surface area contributed by atoms with Gasteiger partial charge < -0.3 is 14.2 Å². The molecule has 6 aliphatic rings. The van der Waals surface area contributed by atoms with E-state index in [4.69, 9.17) is 4.42 Å². The van der Waals surface area contributed by atoms with E-state index in [1.165, 1.54) is 126 Å². The van der Waals surface area contributed by atoms with Gasteiger partial charge in [-0.2, -0.15) is 0 Å². The van der Waals surface area contributed by atoms with E-state index >= 15 is 0 Å². The lowest BCUT2D eigenvalue weighted by atomic mass is 9.35. The molecule has 3 heterocycles. The average molecular weight is 977 g/mol. The smallest absolute Gasteiger partial charge is 0.297 e. The molecule has 3 atom stereocenters. The second-order valence-electron chi connectivity index (χ2n) is 29.5. The summed E-state index contributed by atoms with van der Waals surface area (Å²) >= 11 is 0. The van der Waals surface area contributed by atoms with Crippen molar-refractivity contribution < 1.29 is 4.42 Å². The molecule has 3 nitrogen and oxygen atoms in total. The second-order valence-corrected chi connectivity index (χ2v) is 29.5. The van der Waals surface area contributed by atoms with Crippen molar-refractivity contribution in [2.75, 3.05) is 9.80 Å². The van der Waals surface area contributed by atoms with E-state index in [0.29, 0.717) is 5.92 Å². The molecule has 13 rings (SSSR count). The summed E-state index contributed by atoms with van der Waals surface area (Å²) in [6, 6.07) is 41.8. The van der Waals surface area contributed by atoms with Gasteiger partial charge in [0, 0.05) is 33.7 Å². The fourth-order valence-electron chi connectivity index (χ4n) is 15.4. The van der Waals surface area contributed by atoms with Gasteiger partial charge in [-0.3, -0.25) is 0 Å². The van der Waals surface area contributed by atoms with Gasteiger partial charge in [-0.25, -0.2) is 0 Å². The Balaban J connectivity index is 1.19. The zero-order chi connectivity index (χ0) is 52.2. The van der Waals surface area contributed by atoms with Crippen LogP contribution in [0.5, 0.6) is 0 Å². The maximum atomic E-state index is 7.85. The molecule has 2 aliphatic heterocycles. The predicted octanol–water partition coefficient (Wildman–Crippen LogP) is 17.7. The Hall–Kier alpha value is -5.48. The molecule has 74 heavy (non-hydrogen) atoms. The maximum absolute atomic E-state index is 7.85. The first kappa shape index (κ1) is 48.2. The van der Waals surface area contributed by atoms with Crippen molar-refractivity contribution in [3.05, 3.63) is 148 Å². The Morgan fingerprint density at radius 2 is 1.15 bits per heavy atom. The van der Waals surface area contributed by atoms with Gasteiger partial charge in [0.2, 0.25) is 0 Å². The molecular weight excluding hydrogens is 896 g/mol. The first-order chi connectivity index (χ1) is 34.7. The van der Waals surface area contributed by atoms with E-state index in [2.05, 4.69) is 224 Å². The van der Waals surface area contributed by atoms with Crippen LogP contribution in [-0.4, -0.2) is 6.71 Å². The molecule has 1 saturated carbocycles. The van der Waals surface area contributed by atoms with Crippen LogP contribution in [0.2, 0.25) is 0 Å². The van der Waals surface area contributed by atoms with Crippen molar-refractivity contribution in [2.24, 2.45) is 5.92 Å². The summed E-state index contributed by atoms with van der Waals surface area (Å²) in [7, 11) is 0. The molecular formula is C70H81BN2O. The van der Waals surface area contributed by atoms with Crippen LogP contribution < -0.4 is 26.4 Å². The number of fused-ring (bicyclic) bond motifs is 12. The lowest BCUT2D eigenvalue weighted by Gasteiger charge is -2.47. The highest BCUT2D eigenvalue weighted by Gasteiger charge is 2.52. The largest absolute Gasteiger partial charge is 0.468 e. The van der Waals surface area contributed by atoms with Crippen LogP contribution in [0, 0.1) is 5.92 Å². The predicted molar refractivity (Wildman–Crippen MR) is 317 cm³/mol. The van der Waals surface area contributed by atoms with Crippen molar-refractivity contribution in [3.63, 3.8) is 0 Å². The van der Waals surface area contributed by atoms with Crippen LogP contribution in [0.15, 0.2) is 108 Å². The molecule has 1 aromatic heterocycles. The highest BCUT2D eigenvalue weighted by atomic mass is 16.3. The molecule has 0 spiro atoms. The third-order valence-corrected chi connectivity index (χ3v) is 20.6. The standard InChI is InChI=1S/C70H81BN2O/c1-41-43-26-27-70(16,40-43)51-39-60-49(36-47(41)51)62-63(74-60)71-55-37-53-54(69(14,15)31-30-68(53,12)13)38-57(55)73(56-25-22-44(64(2,3)4)32-48(56)42-20-18-17-19-21-42)59-34-45(65(5,6)7)33-58(61(59)71)72(62)46-23-24-50-52(35-46)67(10,11)29-28-66(50,8)9/h17-25,32-39,41,43H,26-31,40H2,1-16H3. The first-order valence-electron chi connectivity index (χ1n) is 28.6. The summed E-state index contributed by atoms with van der Waals surface area (Å²) in [6.07, 6.45) is 8.50. The molecule has 0 N–H and O–H groups in total. The van der Waals surface area contributed by atoms with Crippen LogP contribution in [0.1, 0.15) is 206 Å². The van der Waals surface area contributed by atoms with Crippen molar-refractivity contribution in [1.82, 2.24) is 0 Å². The number of anilines is 6. The monoisotopic (exact) mass is 977 g/mol. The summed E-state index contributed by atoms with van der Waals surface area (Å²) in [5.41, 5.74) is 26.6. The van der Waals surface area contributed by atoms with Crippen LogP contribution in [0.25, 0.3) is 22.1 Å². The molecule has 4 aliphatic carbocycles. The van der Waals surface area contributed by atoms with Gasteiger partial charge in [0.15, 0.2) is 0 Å². The lowest BCUT2D eigenvalue weighted by molar-refractivity contribution is 0.332. The van der Waals surface area contributed by atoms with E-state index in [1.54, 1.807) is 5.56 Å². The summed E-state index contributed by atoms with van der Waals surface area (Å²) in [5, 5.41) is 1.26. The van der Waals surface area contributed by atoms with Gasteiger partial charge in [0.25, 0.3) is 6.71 Å². The fourth-order valence-corrected chi connectivity index (χ4v) is 15.4. The molecule has 7 aromatic rings. The number of hydrogen-bond acceptors (Lipinski definition) is 3. The quantitative estimate of drug-likeness (QED) is 0.165. The molecule has 1 fully saturated rings. The zero-order valence-electron chi connectivity index (χ0n) is 47.8. The van der Waals surface area contributed by atoms with E-state index in [9.17, 15) is 0 Å². The Kier molecular flexibility index (Phi) is 10.00. The Labute approximate surface area is 444 Å². The van der Waals surface area contributed by atoms with E-state index in [1.807, 2.05) is 0 Å². The fraction of sp³-hybridized carbons (Fsp3) is 0.457. The molecule has 4 heteroatoms. The number of rotatable bonds is 3.